The molecule has 0 fully saturated rings. The molecule has 0 radical (unpaired) electrons. The molecule has 3 heteroatoms. The fourth-order valence-electron chi connectivity index (χ4n) is 1.16. The van der Waals surface area contributed by atoms with Gasteiger partial charge in [0.1, 0.15) is 5.65 Å². The van der Waals surface area contributed by atoms with Crippen molar-refractivity contribution in [2.24, 2.45) is 0 Å². The van der Waals surface area contributed by atoms with Gasteiger partial charge in [0.05, 0.1) is 0 Å². The smallest absolute Gasteiger partial charge is 0.139 e. The van der Waals surface area contributed by atoms with Gasteiger partial charge in [-0.3, -0.25) is 0 Å². The molecular weight excluding hydrogens is 251 g/mol. The minimum Gasteiger partial charge on any atom is -0.306 e. The van der Waals surface area contributed by atoms with Crippen molar-refractivity contribution in [2.75, 3.05) is 0 Å². The van der Waals surface area contributed by atoms with Crippen LogP contribution < -0.4 is 0 Å². The van der Waals surface area contributed by atoms with Crippen molar-refractivity contribution in [3.8, 4) is 0 Å². The highest BCUT2D eigenvalue weighted by molar-refractivity contribution is 14.1. The minimum atomic E-state index is 1.05. The Hall–Kier alpha value is -0.580. The Labute approximate surface area is 78.4 Å². The predicted molar refractivity (Wildman–Crippen MR) is 52.6 cm³/mol. The zero-order chi connectivity index (χ0) is 7.84. The molecule has 0 atom stereocenters. The molecule has 0 aromatic carbocycles. The summed E-state index contributed by atoms with van der Waals surface area (Å²) >= 11 is 2.30. The Balaban J connectivity index is 2.91. The van der Waals surface area contributed by atoms with Crippen LogP contribution >= 0.6 is 22.6 Å². The van der Waals surface area contributed by atoms with Gasteiger partial charge in [-0.1, -0.05) is 0 Å². The highest BCUT2D eigenvalue weighted by atomic mass is 127. The van der Waals surface area contributed by atoms with E-state index < -0.39 is 0 Å². The topological polar surface area (TPSA) is 17.3 Å². The molecule has 2 aromatic heterocycles. The number of imidazole rings is 1. The monoisotopic (exact) mass is 258 g/mol. The zero-order valence-electron chi connectivity index (χ0n) is 6.08. The second-order valence-electron chi connectivity index (χ2n) is 2.50. The molecule has 11 heavy (non-hydrogen) atoms. The van der Waals surface area contributed by atoms with Crippen LogP contribution in [-0.4, -0.2) is 9.38 Å². The molecule has 0 spiro atoms. The second-order valence-corrected chi connectivity index (χ2v) is 3.75. The average Bonchev–Trinajstić information content (AvgIpc) is 2.34. The van der Waals surface area contributed by atoms with Crippen molar-refractivity contribution in [1.82, 2.24) is 9.38 Å². The van der Waals surface area contributed by atoms with Crippen LogP contribution in [0, 0.1) is 10.5 Å². The number of aryl methyl sites for hydroxylation is 1. The van der Waals surface area contributed by atoms with Crippen molar-refractivity contribution in [1.29, 1.82) is 0 Å². The van der Waals surface area contributed by atoms with Gasteiger partial charge in [-0.2, -0.15) is 0 Å². The van der Waals surface area contributed by atoms with Gasteiger partial charge in [-0.25, -0.2) is 4.98 Å². The number of fused-ring (bicyclic) bond motifs is 1. The van der Waals surface area contributed by atoms with Gasteiger partial charge < -0.3 is 4.40 Å². The summed E-state index contributed by atoms with van der Waals surface area (Å²) in [5.74, 6) is 0. The van der Waals surface area contributed by atoms with E-state index in [1.807, 2.05) is 16.8 Å². The SMILES string of the molecule is Cc1cc(I)cn2ccnc12. The first-order valence-electron chi connectivity index (χ1n) is 3.36. The quantitative estimate of drug-likeness (QED) is 0.662. The van der Waals surface area contributed by atoms with Crippen LogP contribution in [0.15, 0.2) is 24.7 Å². The molecule has 2 heterocycles. The van der Waals surface area contributed by atoms with Gasteiger partial charge in [0.25, 0.3) is 0 Å². The van der Waals surface area contributed by atoms with Gasteiger partial charge in [-0.05, 0) is 41.1 Å². The van der Waals surface area contributed by atoms with Gasteiger partial charge in [0, 0.05) is 22.2 Å². The maximum absolute atomic E-state index is 4.22. The maximum Gasteiger partial charge on any atom is 0.139 e. The van der Waals surface area contributed by atoms with Crippen LogP contribution in [0.4, 0.5) is 0 Å². The summed E-state index contributed by atoms with van der Waals surface area (Å²) in [6.07, 6.45) is 5.85. The number of nitrogens with zero attached hydrogens (tertiary/aromatic N) is 2. The van der Waals surface area contributed by atoms with Gasteiger partial charge in [0.2, 0.25) is 0 Å². The summed E-state index contributed by atoms with van der Waals surface area (Å²) in [5, 5.41) is 0. The molecule has 2 nitrogen and oxygen atoms in total. The molecule has 2 rings (SSSR count). The molecule has 0 saturated carbocycles. The Morgan fingerprint density at radius 2 is 2.36 bits per heavy atom. The fourth-order valence-corrected chi connectivity index (χ4v) is 1.93. The molecule has 0 bridgehead atoms. The second kappa shape index (κ2) is 2.48. The molecule has 0 aliphatic carbocycles. The first-order chi connectivity index (χ1) is 5.27. The van der Waals surface area contributed by atoms with Crippen LogP contribution in [0.25, 0.3) is 5.65 Å². The van der Waals surface area contributed by atoms with Crippen molar-refractivity contribution < 1.29 is 0 Å². The number of halogens is 1. The summed E-state index contributed by atoms with van der Waals surface area (Å²) in [6.45, 7) is 2.07. The summed E-state index contributed by atoms with van der Waals surface area (Å²) < 4.78 is 3.28. The van der Waals surface area contributed by atoms with Crippen molar-refractivity contribution in [2.45, 2.75) is 6.92 Å². The third-order valence-electron chi connectivity index (χ3n) is 1.64. The van der Waals surface area contributed by atoms with Gasteiger partial charge in [-0.15, -0.1) is 0 Å². The normalized spacial score (nSPS) is 10.7. The molecule has 0 N–H and O–H groups in total. The molecule has 0 unspecified atom stereocenters. The number of hydrogen-bond acceptors (Lipinski definition) is 1. The van der Waals surface area contributed by atoms with Crippen molar-refractivity contribution in [3.63, 3.8) is 0 Å². The minimum absolute atomic E-state index is 1.05. The summed E-state index contributed by atoms with van der Waals surface area (Å²) in [4.78, 5) is 4.22. The molecule has 0 amide bonds. The Morgan fingerprint density at radius 3 is 3.18 bits per heavy atom. The lowest BCUT2D eigenvalue weighted by molar-refractivity contribution is 1.15. The van der Waals surface area contributed by atoms with Crippen LogP contribution in [0.5, 0.6) is 0 Å². The molecule has 0 saturated heterocycles. The third-order valence-corrected chi connectivity index (χ3v) is 2.23. The molecule has 56 valence electrons. The predicted octanol–water partition coefficient (Wildman–Crippen LogP) is 2.25. The van der Waals surface area contributed by atoms with Crippen molar-refractivity contribution >= 4 is 28.2 Å². The van der Waals surface area contributed by atoms with E-state index in [1.165, 1.54) is 9.13 Å². The van der Waals surface area contributed by atoms with E-state index in [2.05, 4.69) is 46.8 Å². The summed E-state index contributed by atoms with van der Waals surface area (Å²) in [6, 6.07) is 2.13. The van der Waals surface area contributed by atoms with Crippen LogP contribution in [-0.2, 0) is 0 Å². The number of pyridine rings is 1. The molecule has 0 aliphatic rings. The van der Waals surface area contributed by atoms with E-state index in [4.69, 9.17) is 0 Å². The van der Waals surface area contributed by atoms with E-state index >= 15 is 0 Å². The third kappa shape index (κ3) is 1.13. The fraction of sp³-hybridized carbons (Fsp3) is 0.125. The first-order valence-corrected chi connectivity index (χ1v) is 4.44. The lowest BCUT2D eigenvalue weighted by Gasteiger charge is -1.97. The molecule has 2 aromatic rings. The van der Waals surface area contributed by atoms with Gasteiger partial charge in [0.15, 0.2) is 0 Å². The summed E-state index contributed by atoms with van der Waals surface area (Å²) in [7, 11) is 0. The van der Waals surface area contributed by atoms with E-state index in [1.54, 1.807) is 0 Å². The first kappa shape index (κ1) is 7.09. The lowest BCUT2D eigenvalue weighted by Crippen LogP contribution is -1.87. The highest BCUT2D eigenvalue weighted by Gasteiger charge is 1.97. The van der Waals surface area contributed by atoms with Crippen LogP contribution in [0.3, 0.4) is 0 Å². The Kier molecular flexibility index (Phi) is 1.60. The molecular formula is C8H7IN2. The summed E-state index contributed by atoms with van der Waals surface area (Å²) in [5.41, 5.74) is 2.27. The maximum atomic E-state index is 4.22. The van der Waals surface area contributed by atoms with Gasteiger partial charge >= 0.3 is 0 Å². The van der Waals surface area contributed by atoms with Crippen molar-refractivity contribution in [3.05, 3.63) is 33.8 Å². The Morgan fingerprint density at radius 1 is 1.55 bits per heavy atom. The van der Waals surface area contributed by atoms with E-state index in [0.29, 0.717) is 0 Å². The van der Waals surface area contributed by atoms with E-state index in [9.17, 15) is 0 Å². The Bertz CT molecular complexity index is 392. The standard InChI is InChI=1S/C8H7IN2/c1-6-4-7(9)5-11-3-2-10-8(6)11/h2-5H,1H3. The van der Waals surface area contributed by atoms with E-state index in [-0.39, 0.29) is 0 Å². The molecule has 0 aliphatic heterocycles. The zero-order valence-corrected chi connectivity index (χ0v) is 8.24. The van der Waals surface area contributed by atoms with E-state index in [0.717, 1.165) is 5.65 Å². The number of hydrogen-bond donors (Lipinski definition) is 0. The lowest BCUT2D eigenvalue weighted by atomic mass is 10.3. The van der Waals surface area contributed by atoms with Crippen LogP contribution in [0.1, 0.15) is 5.56 Å². The number of aromatic nitrogens is 2. The highest BCUT2D eigenvalue weighted by Crippen LogP contribution is 2.12. The van der Waals surface area contributed by atoms with Crippen LogP contribution in [0.2, 0.25) is 0 Å². The average molecular weight is 258 g/mol. The number of rotatable bonds is 0. The largest absolute Gasteiger partial charge is 0.306 e.